The van der Waals surface area contributed by atoms with Gasteiger partial charge in [0.05, 0.1) is 12.8 Å². The summed E-state index contributed by atoms with van der Waals surface area (Å²) in [7, 11) is -3.73. The van der Waals surface area contributed by atoms with Gasteiger partial charge < -0.3 is 10.2 Å². The molecule has 0 saturated heterocycles. The van der Waals surface area contributed by atoms with Crippen molar-refractivity contribution in [2.24, 2.45) is 0 Å². The molecule has 37 heavy (non-hydrogen) atoms. The Morgan fingerprint density at radius 1 is 0.838 bits per heavy atom. The number of rotatable bonds is 12. The lowest BCUT2D eigenvalue weighted by atomic mass is 10.1. The van der Waals surface area contributed by atoms with Gasteiger partial charge >= 0.3 is 0 Å². The molecular weight excluding hydrogens is 493 g/mol. The second kappa shape index (κ2) is 13.1. The first-order valence-corrected chi connectivity index (χ1v) is 13.8. The number of nitrogens with zero attached hydrogens (tertiary/aromatic N) is 2. The third kappa shape index (κ3) is 8.80. The lowest BCUT2D eigenvalue weighted by Gasteiger charge is -2.31. The van der Waals surface area contributed by atoms with Crippen LogP contribution in [0.25, 0.3) is 0 Å². The van der Waals surface area contributed by atoms with Gasteiger partial charge in [0, 0.05) is 19.6 Å². The molecule has 0 fully saturated rings. The monoisotopic (exact) mass is 525 g/mol. The molecule has 0 spiro atoms. The van der Waals surface area contributed by atoms with Gasteiger partial charge in [-0.15, -0.1) is 0 Å². The molecule has 0 unspecified atom stereocenters. The number of amides is 2. The first-order valence-electron chi connectivity index (χ1n) is 12.0. The predicted molar refractivity (Wildman–Crippen MR) is 141 cm³/mol. The summed E-state index contributed by atoms with van der Waals surface area (Å²) in [6.07, 6.45) is 1.68. The van der Waals surface area contributed by atoms with Gasteiger partial charge in [-0.05, 0) is 42.2 Å². The molecule has 0 radical (unpaired) electrons. The first-order chi connectivity index (χ1) is 17.6. The lowest BCUT2D eigenvalue weighted by molar-refractivity contribution is -0.140. The normalized spacial score (nSPS) is 12.2. The molecule has 0 heterocycles. The van der Waals surface area contributed by atoms with Crippen molar-refractivity contribution in [1.29, 1.82) is 0 Å². The average molecular weight is 526 g/mol. The summed E-state index contributed by atoms with van der Waals surface area (Å²) in [5.74, 6) is -1.31. The molecule has 9 heteroatoms. The fourth-order valence-corrected chi connectivity index (χ4v) is 4.54. The minimum Gasteiger partial charge on any atom is -0.354 e. The molecule has 2 amide bonds. The largest absolute Gasteiger partial charge is 0.354 e. The van der Waals surface area contributed by atoms with Gasteiger partial charge in [0.15, 0.2) is 0 Å². The zero-order chi connectivity index (χ0) is 26.8. The molecule has 0 aliphatic heterocycles. The van der Waals surface area contributed by atoms with Crippen LogP contribution in [0.5, 0.6) is 0 Å². The Morgan fingerprint density at radius 2 is 1.38 bits per heavy atom. The zero-order valence-electron chi connectivity index (χ0n) is 21.0. The van der Waals surface area contributed by atoms with Crippen molar-refractivity contribution in [3.63, 3.8) is 0 Å². The molecule has 1 atom stereocenters. The van der Waals surface area contributed by atoms with E-state index in [-0.39, 0.29) is 19.0 Å². The number of hydrogen-bond donors (Lipinski definition) is 1. The highest BCUT2D eigenvalue weighted by Gasteiger charge is 2.29. The summed E-state index contributed by atoms with van der Waals surface area (Å²) < 4.78 is 39.5. The van der Waals surface area contributed by atoms with E-state index in [0.29, 0.717) is 18.5 Å². The standard InChI is InChI=1S/C28H32FN3O4S/c1-22(28(34)30-18-17-23-9-5-3-6-10-23)32(20-25-13-15-26(29)16-14-25)27(33)21-31(37(2,35)36)19-24-11-7-4-8-12-24/h3-16,22H,17-21H2,1-2H3,(H,30,34)/t22-/m1/s1. The van der Waals surface area contributed by atoms with Crippen LogP contribution >= 0.6 is 0 Å². The molecule has 0 saturated carbocycles. The SMILES string of the molecule is C[C@H](C(=O)NCCc1ccccc1)N(Cc1ccc(F)cc1)C(=O)CN(Cc1ccccc1)S(C)(=O)=O. The summed E-state index contributed by atoms with van der Waals surface area (Å²) >= 11 is 0. The number of sulfonamides is 1. The fourth-order valence-electron chi connectivity index (χ4n) is 3.81. The maximum Gasteiger partial charge on any atom is 0.242 e. The van der Waals surface area contributed by atoms with Gasteiger partial charge in [0.25, 0.3) is 0 Å². The van der Waals surface area contributed by atoms with E-state index in [9.17, 15) is 22.4 Å². The van der Waals surface area contributed by atoms with Crippen molar-refractivity contribution < 1.29 is 22.4 Å². The Morgan fingerprint density at radius 3 is 1.95 bits per heavy atom. The third-order valence-corrected chi connectivity index (χ3v) is 7.17. The van der Waals surface area contributed by atoms with E-state index in [4.69, 9.17) is 0 Å². The van der Waals surface area contributed by atoms with E-state index in [1.807, 2.05) is 36.4 Å². The Bertz CT molecular complexity index is 1270. The molecule has 3 aromatic rings. The molecule has 1 N–H and O–H groups in total. The van der Waals surface area contributed by atoms with Gasteiger partial charge in [-0.1, -0.05) is 72.8 Å². The molecular formula is C28H32FN3O4S. The summed E-state index contributed by atoms with van der Waals surface area (Å²) in [5.41, 5.74) is 2.42. The maximum atomic E-state index is 13.5. The van der Waals surface area contributed by atoms with Crippen LogP contribution in [-0.2, 0) is 39.1 Å². The topological polar surface area (TPSA) is 86.8 Å². The highest BCUT2D eigenvalue weighted by Crippen LogP contribution is 2.14. The quantitative estimate of drug-likeness (QED) is 0.393. The van der Waals surface area contributed by atoms with E-state index in [2.05, 4.69) is 5.32 Å². The number of hydrogen-bond acceptors (Lipinski definition) is 4. The molecule has 0 aliphatic carbocycles. The van der Waals surface area contributed by atoms with Gasteiger partial charge in [0.2, 0.25) is 21.8 Å². The van der Waals surface area contributed by atoms with Crippen LogP contribution in [0.2, 0.25) is 0 Å². The van der Waals surface area contributed by atoms with E-state index in [1.165, 1.54) is 29.2 Å². The summed E-state index contributed by atoms with van der Waals surface area (Å²) in [6, 6.07) is 23.4. The van der Waals surface area contributed by atoms with Crippen LogP contribution in [0.3, 0.4) is 0 Å². The van der Waals surface area contributed by atoms with Crippen LogP contribution < -0.4 is 5.32 Å². The van der Waals surface area contributed by atoms with Crippen LogP contribution in [0, 0.1) is 5.82 Å². The van der Waals surface area contributed by atoms with Gasteiger partial charge in [-0.25, -0.2) is 12.8 Å². The van der Waals surface area contributed by atoms with Crippen molar-refractivity contribution in [1.82, 2.24) is 14.5 Å². The Hall–Kier alpha value is -3.56. The fraction of sp³-hybridized carbons (Fsp3) is 0.286. The lowest BCUT2D eigenvalue weighted by Crippen LogP contribution is -2.51. The average Bonchev–Trinajstić information content (AvgIpc) is 2.88. The number of carbonyl (C=O) groups excluding carboxylic acids is 2. The van der Waals surface area contributed by atoms with E-state index >= 15 is 0 Å². The third-order valence-electron chi connectivity index (χ3n) is 5.97. The van der Waals surface area contributed by atoms with Crippen molar-refractivity contribution in [3.8, 4) is 0 Å². The second-order valence-electron chi connectivity index (χ2n) is 8.87. The Balaban J connectivity index is 1.76. The van der Waals surface area contributed by atoms with Crippen molar-refractivity contribution >= 4 is 21.8 Å². The molecule has 3 rings (SSSR count). The maximum absolute atomic E-state index is 13.5. The molecule has 3 aromatic carbocycles. The number of halogens is 1. The summed E-state index contributed by atoms with van der Waals surface area (Å²) in [4.78, 5) is 27.8. The van der Waals surface area contributed by atoms with Gasteiger partial charge in [-0.2, -0.15) is 4.31 Å². The molecule has 0 aliphatic rings. The van der Waals surface area contributed by atoms with Crippen molar-refractivity contribution in [3.05, 3.63) is 107 Å². The molecule has 7 nitrogen and oxygen atoms in total. The summed E-state index contributed by atoms with van der Waals surface area (Å²) in [5, 5.41) is 2.86. The van der Waals surface area contributed by atoms with Crippen molar-refractivity contribution in [2.75, 3.05) is 19.3 Å². The minimum absolute atomic E-state index is 0.0213. The number of nitrogens with one attached hydrogen (secondary N) is 1. The number of carbonyl (C=O) groups is 2. The summed E-state index contributed by atoms with van der Waals surface area (Å²) in [6.45, 7) is 1.59. The molecule has 0 bridgehead atoms. The van der Waals surface area contributed by atoms with Gasteiger partial charge in [-0.3, -0.25) is 9.59 Å². The zero-order valence-corrected chi connectivity index (χ0v) is 21.8. The Labute approximate surface area is 218 Å². The highest BCUT2D eigenvalue weighted by molar-refractivity contribution is 7.88. The van der Waals surface area contributed by atoms with Crippen LogP contribution in [0.4, 0.5) is 4.39 Å². The molecule has 196 valence electrons. The molecule has 0 aromatic heterocycles. The van der Waals surface area contributed by atoms with Crippen LogP contribution in [0.15, 0.2) is 84.9 Å². The van der Waals surface area contributed by atoms with Crippen LogP contribution in [0.1, 0.15) is 23.6 Å². The highest BCUT2D eigenvalue weighted by atomic mass is 32.2. The van der Waals surface area contributed by atoms with Crippen molar-refractivity contribution in [2.45, 2.75) is 32.5 Å². The van der Waals surface area contributed by atoms with E-state index < -0.39 is 34.3 Å². The van der Waals surface area contributed by atoms with E-state index in [0.717, 1.165) is 21.7 Å². The minimum atomic E-state index is -3.73. The van der Waals surface area contributed by atoms with Gasteiger partial charge in [0.1, 0.15) is 11.9 Å². The second-order valence-corrected chi connectivity index (χ2v) is 10.8. The Kier molecular flexibility index (Phi) is 9.93. The first kappa shape index (κ1) is 28.0. The van der Waals surface area contributed by atoms with E-state index in [1.54, 1.807) is 31.2 Å². The smallest absolute Gasteiger partial charge is 0.242 e. The predicted octanol–water partition coefficient (Wildman–Crippen LogP) is 3.36. The number of benzene rings is 3. The van der Waals surface area contributed by atoms with Crippen LogP contribution in [-0.4, -0.2) is 54.8 Å².